The highest BCUT2D eigenvalue weighted by Crippen LogP contribution is 2.42. The highest BCUT2D eigenvalue weighted by Gasteiger charge is 2.41. The summed E-state index contributed by atoms with van der Waals surface area (Å²) in [6.45, 7) is 2.43. The van der Waals surface area contributed by atoms with E-state index in [1.165, 1.54) is 12.1 Å². The number of ether oxygens (including phenoxy) is 2. The monoisotopic (exact) mass is 337 g/mol. The molecule has 1 spiro atoms. The zero-order valence-corrected chi connectivity index (χ0v) is 12.8. The van der Waals surface area contributed by atoms with Gasteiger partial charge in [-0.2, -0.15) is 0 Å². The van der Waals surface area contributed by atoms with Crippen LogP contribution in [0, 0.1) is 0 Å². The lowest BCUT2D eigenvalue weighted by atomic mass is 9.84. The molecule has 1 atom stereocenters. The van der Waals surface area contributed by atoms with Crippen molar-refractivity contribution in [1.29, 1.82) is 0 Å². The van der Waals surface area contributed by atoms with Crippen molar-refractivity contribution in [2.45, 2.75) is 37.1 Å². The smallest absolute Gasteiger partial charge is 0.406 e. The van der Waals surface area contributed by atoms with Crippen LogP contribution in [0.5, 0.6) is 5.75 Å². The van der Waals surface area contributed by atoms with Crippen LogP contribution in [0.3, 0.4) is 0 Å². The average molecular weight is 338 g/mol. The molecule has 2 fully saturated rings. The molecular weight excluding hydrogens is 319 g/mol. The summed E-state index contributed by atoms with van der Waals surface area (Å²) in [6, 6.07) is 6.25. The van der Waals surface area contributed by atoms with Crippen molar-refractivity contribution in [2.75, 3.05) is 19.7 Å². The maximum atomic E-state index is 12.3. The Morgan fingerprint density at radius 2 is 1.95 bits per heavy atom. The van der Waals surface area contributed by atoms with Gasteiger partial charge in [0.15, 0.2) is 0 Å². The van der Waals surface area contributed by atoms with E-state index in [4.69, 9.17) is 4.74 Å². The number of hydrogen-bond donors (Lipinski definition) is 1. The minimum Gasteiger partial charge on any atom is -0.406 e. The Balaban J connectivity index is 0.00000176. The first-order valence-electron chi connectivity index (χ1n) is 7.16. The first-order chi connectivity index (χ1) is 9.96. The van der Waals surface area contributed by atoms with E-state index in [1.54, 1.807) is 6.07 Å². The van der Waals surface area contributed by atoms with Gasteiger partial charge < -0.3 is 14.8 Å². The normalized spacial score (nSPS) is 24.0. The summed E-state index contributed by atoms with van der Waals surface area (Å²) in [5.41, 5.74) is 0.753. The lowest BCUT2D eigenvalue weighted by molar-refractivity contribution is -0.274. The minimum absolute atomic E-state index is 0. The first kappa shape index (κ1) is 17.4. The number of nitrogens with one attached hydrogen (secondary N) is 1. The lowest BCUT2D eigenvalue weighted by Gasteiger charge is -2.33. The van der Waals surface area contributed by atoms with Gasteiger partial charge in [0.2, 0.25) is 0 Å². The van der Waals surface area contributed by atoms with Crippen molar-refractivity contribution in [1.82, 2.24) is 5.32 Å². The third kappa shape index (κ3) is 4.06. The summed E-state index contributed by atoms with van der Waals surface area (Å²) < 4.78 is 46.8. The molecule has 0 aromatic heterocycles. The van der Waals surface area contributed by atoms with Crippen LogP contribution in [0.1, 0.15) is 30.7 Å². The quantitative estimate of drug-likeness (QED) is 0.894. The van der Waals surface area contributed by atoms with Crippen molar-refractivity contribution in [3.63, 3.8) is 0 Å². The van der Waals surface area contributed by atoms with Gasteiger partial charge >= 0.3 is 6.36 Å². The molecule has 0 aliphatic carbocycles. The van der Waals surface area contributed by atoms with E-state index in [1.807, 2.05) is 6.07 Å². The number of hydrogen-bond acceptors (Lipinski definition) is 3. The van der Waals surface area contributed by atoms with Crippen LogP contribution < -0.4 is 10.1 Å². The Morgan fingerprint density at radius 3 is 2.64 bits per heavy atom. The van der Waals surface area contributed by atoms with Crippen molar-refractivity contribution in [3.05, 3.63) is 29.8 Å². The van der Waals surface area contributed by atoms with Gasteiger partial charge in [-0.25, -0.2) is 0 Å². The molecule has 0 saturated carbocycles. The summed E-state index contributed by atoms with van der Waals surface area (Å²) in [7, 11) is 0. The molecule has 124 valence electrons. The van der Waals surface area contributed by atoms with E-state index in [0.29, 0.717) is 6.61 Å². The van der Waals surface area contributed by atoms with Crippen LogP contribution in [-0.4, -0.2) is 31.7 Å². The predicted octanol–water partition coefficient (Wildman–Crippen LogP) is 3.63. The fourth-order valence-electron chi connectivity index (χ4n) is 3.25. The summed E-state index contributed by atoms with van der Waals surface area (Å²) in [6.07, 6.45) is -1.87. The Labute approximate surface area is 133 Å². The molecule has 1 aromatic rings. The summed E-state index contributed by atoms with van der Waals surface area (Å²) >= 11 is 0. The number of piperidine rings is 1. The molecule has 7 heteroatoms. The van der Waals surface area contributed by atoms with Crippen molar-refractivity contribution >= 4 is 12.4 Å². The van der Waals surface area contributed by atoms with Crippen LogP contribution in [0.4, 0.5) is 13.2 Å². The highest BCUT2D eigenvalue weighted by molar-refractivity contribution is 5.85. The molecule has 22 heavy (non-hydrogen) atoms. The first-order valence-corrected chi connectivity index (χ1v) is 7.16. The Morgan fingerprint density at radius 1 is 1.23 bits per heavy atom. The number of halogens is 4. The number of benzene rings is 1. The Hall–Kier alpha value is -0.980. The molecule has 2 aliphatic rings. The fraction of sp³-hybridized carbons (Fsp3) is 0.600. The van der Waals surface area contributed by atoms with Crippen LogP contribution >= 0.6 is 12.4 Å². The fourth-order valence-corrected chi connectivity index (χ4v) is 3.25. The topological polar surface area (TPSA) is 30.5 Å². The predicted molar refractivity (Wildman–Crippen MR) is 78.5 cm³/mol. The van der Waals surface area contributed by atoms with Gasteiger partial charge in [-0.05, 0) is 50.0 Å². The van der Waals surface area contributed by atoms with E-state index < -0.39 is 6.36 Å². The Kier molecular flexibility index (Phi) is 5.25. The zero-order valence-electron chi connectivity index (χ0n) is 12.0. The zero-order chi connectivity index (χ0) is 14.9. The molecule has 2 saturated heterocycles. The molecule has 0 bridgehead atoms. The molecule has 1 unspecified atom stereocenters. The van der Waals surface area contributed by atoms with E-state index in [9.17, 15) is 13.2 Å². The molecule has 0 amide bonds. The van der Waals surface area contributed by atoms with Gasteiger partial charge in [0.1, 0.15) is 5.75 Å². The van der Waals surface area contributed by atoms with Crippen LogP contribution in [0.2, 0.25) is 0 Å². The number of alkyl halides is 3. The SMILES string of the molecule is Cl.FC(F)(F)Oc1cccc(C2COC3(CCNCC3)C2)c1. The Bertz CT molecular complexity index is 504. The largest absolute Gasteiger partial charge is 0.573 e. The molecule has 2 heterocycles. The molecule has 0 radical (unpaired) electrons. The molecule has 1 aromatic carbocycles. The highest BCUT2D eigenvalue weighted by atomic mass is 35.5. The van der Waals surface area contributed by atoms with Gasteiger partial charge in [0.05, 0.1) is 12.2 Å². The maximum absolute atomic E-state index is 12.3. The van der Waals surface area contributed by atoms with Crippen molar-refractivity contribution in [2.24, 2.45) is 0 Å². The summed E-state index contributed by atoms with van der Waals surface area (Å²) in [4.78, 5) is 0. The molecule has 2 aliphatic heterocycles. The minimum atomic E-state index is -4.65. The third-order valence-corrected chi connectivity index (χ3v) is 4.29. The molecule has 3 nitrogen and oxygen atoms in total. The van der Waals surface area contributed by atoms with Gasteiger partial charge in [0.25, 0.3) is 0 Å². The van der Waals surface area contributed by atoms with Crippen molar-refractivity contribution < 1.29 is 22.6 Å². The third-order valence-electron chi connectivity index (χ3n) is 4.29. The molecule has 3 rings (SSSR count). The lowest BCUT2D eigenvalue weighted by Crippen LogP contribution is -2.41. The van der Waals surface area contributed by atoms with Gasteiger partial charge in [-0.15, -0.1) is 25.6 Å². The van der Waals surface area contributed by atoms with Crippen LogP contribution in [-0.2, 0) is 4.74 Å². The van der Waals surface area contributed by atoms with E-state index in [0.717, 1.165) is 37.9 Å². The van der Waals surface area contributed by atoms with E-state index >= 15 is 0 Å². The second kappa shape index (κ2) is 6.64. The molecular formula is C15H19ClF3NO2. The summed E-state index contributed by atoms with van der Waals surface area (Å²) in [5, 5.41) is 3.30. The second-order valence-corrected chi connectivity index (χ2v) is 5.77. The van der Waals surface area contributed by atoms with E-state index in [2.05, 4.69) is 10.1 Å². The second-order valence-electron chi connectivity index (χ2n) is 5.77. The maximum Gasteiger partial charge on any atom is 0.573 e. The average Bonchev–Trinajstić information content (AvgIpc) is 2.82. The number of rotatable bonds is 2. The van der Waals surface area contributed by atoms with Crippen molar-refractivity contribution in [3.8, 4) is 5.75 Å². The van der Waals surface area contributed by atoms with Crippen LogP contribution in [0.25, 0.3) is 0 Å². The van der Waals surface area contributed by atoms with Crippen LogP contribution in [0.15, 0.2) is 24.3 Å². The molecule has 1 N–H and O–H groups in total. The summed E-state index contributed by atoms with van der Waals surface area (Å²) in [5.74, 6) is -0.0221. The van der Waals surface area contributed by atoms with E-state index in [-0.39, 0.29) is 29.7 Å². The van der Waals surface area contributed by atoms with Gasteiger partial charge in [-0.3, -0.25) is 0 Å². The van der Waals surface area contributed by atoms with Gasteiger partial charge in [0, 0.05) is 5.92 Å². The van der Waals surface area contributed by atoms with Gasteiger partial charge in [-0.1, -0.05) is 12.1 Å². The standard InChI is InChI=1S/C15H18F3NO2.ClH/c16-15(17,18)21-13-3-1-2-11(8-13)12-9-14(20-10-12)4-6-19-7-5-14;/h1-3,8,12,19H,4-7,9-10H2;1H.